The Labute approximate surface area is 326 Å². The van der Waals surface area contributed by atoms with Gasteiger partial charge >= 0.3 is 23.9 Å². The number of carbonyl (C=O) groups excluding carboxylic acids is 5. The number of likely N-dealkylation sites (tertiary alicyclic amines) is 1. The van der Waals surface area contributed by atoms with Gasteiger partial charge in [-0.25, -0.2) is 4.79 Å². The largest absolute Gasteiger partial charge is 0.465 e. The molecule has 0 unspecified atom stereocenters. The molecule has 0 radical (unpaired) electrons. The second-order valence-electron chi connectivity index (χ2n) is 16.2. The van der Waals surface area contributed by atoms with E-state index in [0.717, 1.165) is 24.8 Å². The maximum absolute atomic E-state index is 13.8. The first kappa shape index (κ1) is 42.2. The van der Waals surface area contributed by atoms with E-state index in [1.165, 1.54) is 10.5 Å². The SMILES string of the molecule is CCOC(=O)[C@H](CCc1ccccc1)N[C@@H](C)C(=O)N1CCC[C@H]1C(=O)O[C@H]1CC(=O)O[C@@H](CC[C@@H]2[C@@H]3C(=C[C@H](C)C[C@@H]3OC(=O)[C@@H](C)CC)C=C[C@@H]2C)C1. The van der Waals surface area contributed by atoms with Crippen LogP contribution in [0.3, 0.4) is 0 Å². The topological polar surface area (TPSA) is 138 Å². The van der Waals surface area contributed by atoms with Gasteiger partial charge in [-0.05, 0) is 94.1 Å². The number of carbonyl (C=O) groups is 5. The molecular weight excluding hydrogens is 700 g/mol. The van der Waals surface area contributed by atoms with Gasteiger partial charge in [0.1, 0.15) is 30.4 Å². The van der Waals surface area contributed by atoms with Gasteiger partial charge < -0.3 is 23.8 Å². The summed E-state index contributed by atoms with van der Waals surface area (Å²) in [5.41, 5.74) is 2.29. The summed E-state index contributed by atoms with van der Waals surface area (Å²) in [6.07, 6.45) is 10.8. The fourth-order valence-corrected chi connectivity index (χ4v) is 8.75. The first-order chi connectivity index (χ1) is 26.4. The van der Waals surface area contributed by atoms with Gasteiger partial charge in [0.25, 0.3) is 0 Å². The van der Waals surface area contributed by atoms with Crippen LogP contribution in [0.1, 0.15) is 105 Å². The predicted molar refractivity (Wildman–Crippen MR) is 207 cm³/mol. The number of rotatable bonds is 16. The number of cyclic esters (lactones) is 1. The lowest BCUT2D eigenvalue weighted by molar-refractivity contribution is -0.174. The van der Waals surface area contributed by atoms with Crippen molar-refractivity contribution in [2.75, 3.05) is 13.2 Å². The maximum Gasteiger partial charge on any atom is 0.329 e. The number of amides is 1. The fraction of sp³-hybridized carbons (Fsp3) is 0.659. The molecule has 2 heterocycles. The van der Waals surface area contributed by atoms with E-state index in [-0.39, 0.29) is 54.7 Å². The van der Waals surface area contributed by atoms with Crippen LogP contribution in [-0.2, 0) is 49.3 Å². The zero-order valence-corrected chi connectivity index (χ0v) is 33.6. The second kappa shape index (κ2) is 19.7. The summed E-state index contributed by atoms with van der Waals surface area (Å²) < 4.78 is 23.3. The van der Waals surface area contributed by atoms with Gasteiger partial charge in [-0.3, -0.25) is 24.5 Å². The Kier molecular flexibility index (Phi) is 15.1. The quantitative estimate of drug-likeness (QED) is 0.151. The van der Waals surface area contributed by atoms with Gasteiger partial charge in [0.15, 0.2) is 0 Å². The minimum absolute atomic E-state index is 0.0346. The average molecular weight is 763 g/mol. The van der Waals surface area contributed by atoms with Crippen molar-refractivity contribution in [1.82, 2.24) is 10.2 Å². The van der Waals surface area contributed by atoms with E-state index in [0.29, 0.717) is 51.0 Å². The Balaban J connectivity index is 1.17. The molecular formula is C44H62N2O9. The van der Waals surface area contributed by atoms with Crippen molar-refractivity contribution in [1.29, 1.82) is 0 Å². The number of benzene rings is 1. The second-order valence-corrected chi connectivity index (χ2v) is 16.2. The minimum Gasteiger partial charge on any atom is -0.465 e. The van der Waals surface area contributed by atoms with Gasteiger partial charge in [0.2, 0.25) is 5.91 Å². The highest BCUT2D eigenvalue weighted by Gasteiger charge is 2.44. The Morgan fingerprint density at radius 1 is 1.00 bits per heavy atom. The van der Waals surface area contributed by atoms with Crippen molar-refractivity contribution in [3.05, 3.63) is 59.7 Å². The van der Waals surface area contributed by atoms with E-state index < -0.39 is 48.2 Å². The molecule has 1 amide bonds. The molecule has 0 aromatic heterocycles. The molecule has 5 rings (SSSR count). The van der Waals surface area contributed by atoms with Crippen LogP contribution in [0.2, 0.25) is 0 Å². The van der Waals surface area contributed by atoms with Crippen molar-refractivity contribution in [3.8, 4) is 0 Å². The van der Waals surface area contributed by atoms with Crippen molar-refractivity contribution in [2.45, 2.75) is 142 Å². The summed E-state index contributed by atoms with van der Waals surface area (Å²) in [6.45, 7) is 12.3. The number of fused-ring (bicyclic) bond motifs is 1. The molecule has 11 nitrogen and oxygen atoms in total. The van der Waals surface area contributed by atoms with Crippen molar-refractivity contribution in [2.24, 2.45) is 29.6 Å². The van der Waals surface area contributed by atoms with Gasteiger partial charge in [-0.15, -0.1) is 0 Å². The summed E-state index contributed by atoms with van der Waals surface area (Å²) in [6, 6.07) is 7.60. The first-order valence-electron chi connectivity index (χ1n) is 20.7. The summed E-state index contributed by atoms with van der Waals surface area (Å²) >= 11 is 0. The summed E-state index contributed by atoms with van der Waals surface area (Å²) in [5, 5.41) is 3.17. The van der Waals surface area contributed by atoms with E-state index in [1.807, 2.05) is 44.2 Å². The Morgan fingerprint density at radius 3 is 2.49 bits per heavy atom. The monoisotopic (exact) mass is 762 g/mol. The first-order valence-corrected chi connectivity index (χ1v) is 20.7. The zero-order valence-electron chi connectivity index (χ0n) is 33.6. The van der Waals surface area contributed by atoms with Crippen LogP contribution in [0.15, 0.2) is 54.1 Å². The molecule has 302 valence electrons. The van der Waals surface area contributed by atoms with E-state index >= 15 is 0 Å². The molecule has 2 aliphatic carbocycles. The minimum atomic E-state index is -0.776. The van der Waals surface area contributed by atoms with Crippen LogP contribution in [0.5, 0.6) is 0 Å². The molecule has 11 heteroatoms. The van der Waals surface area contributed by atoms with Crippen molar-refractivity contribution >= 4 is 29.8 Å². The highest BCUT2D eigenvalue weighted by molar-refractivity contribution is 5.89. The van der Waals surface area contributed by atoms with Gasteiger partial charge in [-0.2, -0.15) is 0 Å². The van der Waals surface area contributed by atoms with Crippen LogP contribution < -0.4 is 5.32 Å². The number of hydrogen-bond donors (Lipinski definition) is 1. The Morgan fingerprint density at radius 2 is 1.76 bits per heavy atom. The van der Waals surface area contributed by atoms with Gasteiger partial charge in [-0.1, -0.05) is 76.3 Å². The molecule has 2 saturated heterocycles. The van der Waals surface area contributed by atoms with E-state index in [1.54, 1.807) is 13.8 Å². The van der Waals surface area contributed by atoms with E-state index in [2.05, 4.69) is 37.4 Å². The van der Waals surface area contributed by atoms with Crippen LogP contribution in [-0.4, -0.2) is 84.3 Å². The number of esters is 4. The summed E-state index contributed by atoms with van der Waals surface area (Å²) in [4.78, 5) is 67.6. The lowest BCUT2D eigenvalue weighted by atomic mass is 9.65. The smallest absolute Gasteiger partial charge is 0.329 e. The number of ether oxygens (including phenoxy) is 4. The maximum atomic E-state index is 13.8. The number of nitrogens with zero attached hydrogens (tertiary/aromatic N) is 1. The van der Waals surface area contributed by atoms with Crippen LogP contribution in [0.25, 0.3) is 0 Å². The lowest BCUT2D eigenvalue weighted by Gasteiger charge is -2.43. The lowest BCUT2D eigenvalue weighted by Crippen LogP contribution is -2.53. The summed E-state index contributed by atoms with van der Waals surface area (Å²) in [5.74, 6) is -1.15. The van der Waals surface area contributed by atoms with Crippen LogP contribution >= 0.6 is 0 Å². The average Bonchev–Trinajstić information content (AvgIpc) is 3.66. The molecule has 55 heavy (non-hydrogen) atoms. The Hall–Kier alpha value is -3.99. The molecule has 2 fully saturated rings. The molecule has 0 bridgehead atoms. The number of aryl methyl sites for hydroxylation is 1. The molecule has 4 aliphatic rings. The number of hydrogen-bond acceptors (Lipinski definition) is 10. The standard InChI is InChI=1S/C44H62N2O9/c1-7-28(4)42(49)55-38-24-27(3)23-32-18-16-29(5)35(40(32)38)20-19-33-25-34(26-39(47)53-33)54-44(51)37-15-12-22-46(37)41(48)30(6)45-36(43(50)52-8-2)21-17-31-13-10-9-11-14-31/h9-11,13-14,16,18,23,27-30,33-38,40,45H,7-8,12,15,17,19-22,24-26H2,1-6H3/t27-,28-,29-,30-,33-,34+,35-,36-,37-,38-,40-/m0/s1. The number of allylic oxidation sites excluding steroid dienone is 3. The van der Waals surface area contributed by atoms with Gasteiger partial charge in [0, 0.05) is 18.9 Å². The molecule has 11 atom stereocenters. The third kappa shape index (κ3) is 11.1. The molecule has 1 aromatic rings. The van der Waals surface area contributed by atoms with Crippen LogP contribution in [0, 0.1) is 29.6 Å². The van der Waals surface area contributed by atoms with E-state index in [4.69, 9.17) is 18.9 Å². The third-order valence-corrected chi connectivity index (χ3v) is 12.0. The molecule has 1 aromatic carbocycles. The predicted octanol–water partition coefficient (Wildman–Crippen LogP) is 6.28. The highest BCUT2D eigenvalue weighted by Crippen LogP contribution is 2.45. The van der Waals surface area contributed by atoms with E-state index in [9.17, 15) is 24.0 Å². The zero-order chi connectivity index (χ0) is 39.6. The number of nitrogens with one attached hydrogen (secondary N) is 1. The molecule has 1 N–H and O–H groups in total. The molecule has 2 aliphatic heterocycles. The van der Waals surface area contributed by atoms with Gasteiger partial charge in [0.05, 0.1) is 25.0 Å². The van der Waals surface area contributed by atoms with Crippen molar-refractivity contribution in [3.63, 3.8) is 0 Å². The van der Waals surface area contributed by atoms with Crippen molar-refractivity contribution < 1.29 is 42.9 Å². The molecule has 0 spiro atoms. The normalized spacial score (nSPS) is 29.2. The molecule has 0 saturated carbocycles. The Bertz CT molecular complexity index is 1560. The summed E-state index contributed by atoms with van der Waals surface area (Å²) in [7, 11) is 0. The fourth-order valence-electron chi connectivity index (χ4n) is 8.75. The third-order valence-electron chi connectivity index (χ3n) is 12.0. The highest BCUT2D eigenvalue weighted by atomic mass is 16.6. The van der Waals surface area contributed by atoms with Crippen LogP contribution in [0.4, 0.5) is 0 Å².